The highest BCUT2D eigenvalue weighted by atomic mass is 32.2. The van der Waals surface area contributed by atoms with Crippen molar-refractivity contribution in [2.75, 3.05) is 18.6 Å². The summed E-state index contributed by atoms with van der Waals surface area (Å²) in [6, 6.07) is 9.32. The highest BCUT2D eigenvalue weighted by Gasteiger charge is 2.10. The Morgan fingerprint density at radius 1 is 1.21 bits per heavy atom. The average Bonchev–Trinajstić information content (AvgIpc) is 2.39. The lowest BCUT2D eigenvalue weighted by Crippen LogP contribution is -2.36. The standard InChI is InChI=1S/C16H27NOS/c1-5-19-11-10-13(2)17-14(3)12-15-8-6-7-9-16(15)18-4/h6-9,13-14,17H,5,10-12H2,1-4H3. The molecular weight excluding hydrogens is 254 g/mol. The van der Waals surface area contributed by atoms with E-state index >= 15 is 0 Å². The minimum atomic E-state index is 0.470. The molecule has 0 bridgehead atoms. The van der Waals surface area contributed by atoms with Crippen molar-refractivity contribution in [3.05, 3.63) is 29.8 Å². The van der Waals surface area contributed by atoms with Crippen molar-refractivity contribution in [3.8, 4) is 5.75 Å². The van der Waals surface area contributed by atoms with Crippen molar-refractivity contribution in [2.24, 2.45) is 0 Å². The maximum absolute atomic E-state index is 5.40. The van der Waals surface area contributed by atoms with Crippen LogP contribution in [-0.4, -0.2) is 30.7 Å². The summed E-state index contributed by atoms with van der Waals surface area (Å²) in [4.78, 5) is 0. The number of methoxy groups -OCH3 is 1. The maximum atomic E-state index is 5.40. The molecule has 1 aromatic rings. The molecule has 0 aliphatic rings. The Morgan fingerprint density at radius 3 is 2.63 bits per heavy atom. The van der Waals surface area contributed by atoms with Crippen LogP contribution in [0.15, 0.2) is 24.3 Å². The first kappa shape index (κ1) is 16.4. The predicted octanol–water partition coefficient (Wildman–Crippen LogP) is 3.75. The van der Waals surface area contributed by atoms with Crippen LogP contribution in [0.3, 0.4) is 0 Å². The van der Waals surface area contributed by atoms with E-state index in [0.29, 0.717) is 12.1 Å². The zero-order chi connectivity index (χ0) is 14.1. The molecule has 1 N–H and O–H groups in total. The molecule has 2 atom stereocenters. The number of nitrogens with one attached hydrogen (secondary N) is 1. The van der Waals surface area contributed by atoms with Crippen molar-refractivity contribution in [2.45, 2.75) is 45.7 Å². The second-order valence-corrected chi connectivity index (χ2v) is 6.36. The molecule has 0 amide bonds. The normalized spacial score (nSPS) is 14.1. The van der Waals surface area contributed by atoms with E-state index in [-0.39, 0.29) is 0 Å². The zero-order valence-corrected chi connectivity index (χ0v) is 13.4. The molecule has 0 aliphatic heterocycles. The third-order valence-electron chi connectivity index (χ3n) is 3.19. The van der Waals surface area contributed by atoms with Gasteiger partial charge in [-0.05, 0) is 49.8 Å². The van der Waals surface area contributed by atoms with E-state index in [4.69, 9.17) is 4.74 Å². The van der Waals surface area contributed by atoms with Crippen molar-refractivity contribution >= 4 is 11.8 Å². The topological polar surface area (TPSA) is 21.3 Å². The Balaban J connectivity index is 2.39. The van der Waals surface area contributed by atoms with Gasteiger partial charge in [0.2, 0.25) is 0 Å². The van der Waals surface area contributed by atoms with Gasteiger partial charge in [-0.15, -0.1) is 0 Å². The quantitative estimate of drug-likeness (QED) is 0.697. The Bertz CT molecular complexity index is 356. The van der Waals surface area contributed by atoms with Gasteiger partial charge in [-0.2, -0.15) is 11.8 Å². The molecule has 0 spiro atoms. The molecule has 2 nitrogen and oxygen atoms in total. The first-order valence-corrected chi connectivity index (χ1v) is 8.28. The van der Waals surface area contributed by atoms with E-state index in [9.17, 15) is 0 Å². The molecule has 3 heteroatoms. The van der Waals surface area contributed by atoms with E-state index in [0.717, 1.165) is 12.2 Å². The van der Waals surface area contributed by atoms with Crippen LogP contribution in [0.1, 0.15) is 32.8 Å². The van der Waals surface area contributed by atoms with Crippen LogP contribution in [0.2, 0.25) is 0 Å². The molecule has 0 radical (unpaired) electrons. The molecule has 0 fully saturated rings. The summed E-state index contributed by atoms with van der Waals surface area (Å²) >= 11 is 2.01. The second kappa shape index (κ2) is 9.27. The molecule has 108 valence electrons. The highest BCUT2D eigenvalue weighted by Crippen LogP contribution is 2.19. The number of hydrogen-bond acceptors (Lipinski definition) is 3. The van der Waals surface area contributed by atoms with Gasteiger partial charge in [0.15, 0.2) is 0 Å². The number of para-hydroxylation sites is 1. The van der Waals surface area contributed by atoms with Crippen LogP contribution in [0.4, 0.5) is 0 Å². The van der Waals surface area contributed by atoms with Crippen LogP contribution in [0.25, 0.3) is 0 Å². The Labute approximate surface area is 122 Å². The van der Waals surface area contributed by atoms with E-state index in [2.05, 4.69) is 38.2 Å². The Kier molecular flexibility index (Phi) is 7.99. The van der Waals surface area contributed by atoms with Gasteiger partial charge in [-0.3, -0.25) is 0 Å². The molecule has 0 saturated heterocycles. The summed E-state index contributed by atoms with van der Waals surface area (Å²) in [7, 11) is 1.74. The lowest BCUT2D eigenvalue weighted by atomic mass is 10.1. The van der Waals surface area contributed by atoms with Crippen LogP contribution >= 0.6 is 11.8 Å². The number of thioether (sulfide) groups is 1. The second-order valence-electron chi connectivity index (χ2n) is 4.97. The van der Waals surface area contributed by atoms with Gasteiger partial charge < -0.3 is 10.1 Å². The van der Waals surface area contributed by atoms with Gasteiger partial charge in [0.05, 0.1) is 7.11 Å². The third kappa shape index (κ3) is 6.35. The average molecular weight is 281 g/mol. The monoisotopic (exact) mass is 281 g/mol. The highest BCUT2D eigenvalue weighted by molar-refractivity contribution is 7.99. The van der Waals surface area contributed by atoms with Gasteiger partial charge in [0, 0.05) is 12.1 Å². The van der Waals surface area contributed by atoms with E-state index in [1.165, 1.54) is 23.5 Å². The van der Waals surface area contributed by atoms with Crippen LogP contribution in [0.5, 0.6) is 5.75 Å². The SMILES string of the molecule is CCSCCC(C)NC(C)Cc1ccccc1OC. The summed E-state index contributed by atoms with van der Waals surface area (Å²) in [5.74, 6) is 3.44. The van der Waals surface area contributed by atoms with Gasteiger partial charge in [0.25, 0.3) is 0 Å². The smallest absolute Gasteiger partial charge is 0.122 e. The number of rotatable bonds is 9. The van der Waals surface area contributed by atoms with Crippen LogP contribution in [0, 0.1) is 0 Å². The Morgan fingerprint density at radius 2 is 1.95 bits per heavy atom. The van der Waals surface area contributed by atoms with Crippen molar-refractivity contribution in [1.82, 2.24) is 5.32 Å². The lowest BCUT2D eigenvalue weighted by Gasteiger charge is -2.20. The van der Waals surface area contributed by atoms with Crippen LogP contribution in [-0.2, 0) is 6.42 Å². The molecule has 2 unspecified atom stereocenters. The van der Waals surface area contributed by atoms with Crippen molar-refractivity contribution in [1.29, 1.82) is 0 Å². The summed E-state index contributed by atoms with van der Waals surface area (Å²) in [6.07, 6.45) is 2.24. The summed E-state index contributed by atoms with van der Waals surface area (Å²) in [5.41, 5.74) is 1.28. The Hall–Kier alpha value is -0.670. The fourth-order valence-electron chi connectivity index (χ4n) is 2.23. The molecule has 19 heavy (non-hydrogen) atoms. The van der Waals surface area contributed by atoms with E-state index in [1.54, 1.807) is 7.11 Å². The first-order valence-electron chi connectivity index (χ1n) is 7.13. The zero-order valence-electron chi connectivity index (χ0n) is 12.6. The lowest BCUT2D eigenvalue weighted by molar-refractivity contribution is 0.402. The minimum absolute atomic E-state index is 0.470. The largest absolute Gasteiger partial charge is 0.496 e. The summed E-state index contributed by atoms with van der Waals surface area (Å²) in [5, 5.41) is 3.67. The molecule has 1 rings (SSSR count). The summed E-state index contributed by atoms with van der Waals surface area (Å²) in [6.45, 7) is 6.73. The molecule has 0 aromatic heterocycles. The first-order chi connectivity index (χ1) is 9.17. The van der Waals surface area contributed by atoms with Crippen LogP contribution < -0.4 is 10.1 Å². The molecular formula is C16H27NOS. The predicted molar refractivity (Wildman–Crippen MR) is 86.4 cm³/mol. The van der Waals surface area contributed by atoms with Gasteiger partial charge in [-0.1, -0.05) is 25.1 Å². The molecule has 1 aromatic carbocycles. The number of benzene rings is 1. The fraction of sp³-hybridized carbons (Fsp3) is 0.625. The summed E-state index contributed by atoms with van der Waals surface area (Å²) < 4.78 is 5.40. The molecule has 0 aliphatic carbocycles. The van der Waals surface area contributed by atoms with Crippen molar-refractivity contribution in [3.63, 3.8) is 0 Å². The van der Waals surface area contributed by atoms with E-state index < -0.39 is 0 Å². The minimum Gasteiger partial charge on any atom is -0.496 e. The van der Waals surface area contributed by atoms with Gasteiger partial charge in [-0.25, -0.2) is 0 Å². The molecule has 0 heterocycles. The maximum Gasteiger partial charge on any atom is 0.122 e. The van der Waals surface area contributed by atoms with Gasteiger partial charge in [0.1, 0.15) is 5.75 Å². The number of ether oxygens (including phenoxy) is 1. The fourth-order valence-corrected chi connectivity index (χ4v) is 3.04. The van der Waals surface area contributed by atoms with Gasteiger partial charge >= 0.3 is 0 Å². The number of hydrogen-bond donors (Lipinski definition) is 1. The van der Waals surface area contributed by atoms with E-state index in [1.807, 2.05) is 23.9 Å². The third-order valence-corrected chi connectivity index (χ3v) is 4.12. The van der Waals surface area contributed by atoms with Crippen molar-refractivity contribution < 1.29 is 4.74 Å². The molecule has 0 saturated carbocycles.